The van der Waals surface area contributed by atoms with E-state index in [0.29, 0.717) is 5.56 Å². The maximum atomic E-state index is 13.3. The Morgan fingerprint density at radius 1 is 0.912 bits per heavy atom. The van der Waals surface area contributed by atoms with Crippen molar-refractivity contribution >= 4 is 28.2 Å². The first kappa shape index (κ1) is 21.9. The van der Waals surface area contributed by atoms with Crippen LogP contribution in [0.1, 0.15) is 32.7 Å². The van der Waals surface area contributed by atoms with Gasteiger partial charge < -0.3 is 24.3 Å². The molecule has 0 amide bonds. The molecule has 1 aromatic heterocycles. The van der Waals surface area contributed by atoms with Gasteiger partial charge in [0.25, 0.3) is 0 Å². The SMILES string of the molecule is COc1ccc2[nH]c(C)c(C3(c4ccc(N(C)C)cc4N(C)C)OC(=O)c4ccccc43)c2c1. The lowest BCUT2D eigenvalue weighted by atomic mass is 9.77. The molecule has 0 saturated heterocycles. The molecule has 0 aliphatic carbocycles. The van der Waals surface area contributed by atoms with E-state index in [0.717, 1.165) is 50.4 Å². The summed E-state index contributed by atoms with van der Waals surface area (Å²) in [7, 11) is 9.72. The van der Waals surface area contributed by atoms with E-state index >= 15 is 0 Å². The number of hydrogen-bond acceptors (Lipinski definition) is 5. The van der Waals surface area contributed by atoms with Gasteiger partial charge in [-0.25, -0.2) is 4.79 Å². The summed E-state index contributed by atoms with van der Waals surface area (Å²) >= 11 is 0. The molecule has 0 bridgehead atoms. The predicted molar refractivity (Wildman–Crippen MR) is 136 cm³/mol. The molecule has 0 radical (unpaired) electrons. The van der Waals surface area contributed by atoms with Crippen molar-refractivity contribution < 1.29 is 14.3 Å². The molecule has 3 aromatic carbocycles. The van der Waals surface area contributed by atoms with Gasteiger partial charge in [0.1, 0.15) is 5.75 Å². The van der Waals surface area contributed by atoms with Crippen LogP contribution in [-0.2, 0) is 10.3 Å². The number of methoxy groups -OCH3 is 1. The lowest BCUT2D eigenvalue weighted by Crippen LogP contribution is -2.32. The average molecular weight is 456 g/mol. The normalized spacial score (nSPS) is 16.9. The first-order valence-electron chi connectivity index (χ1n) is 11.3. The number of nitrogens with one attached hydrogen (secondary N) is 1. The standard InChI is InChI=1S/C28H29N3O3/c1-17-26(21-16-19(33-6)12-14-24(21)29-17)28(22-10-8-7-9-20(22)27(32)34-28)23-13-11-18(30(2)3)15-25(23)31(4)5/h7-16,29H,1-6H3. The van der Waals surface area contributed by atoms with E-state index < -0.39 is 5.60 Å². The van der Waals surface area contributed by atoms with Crippen LogP contribution in [0.4, 0.5) is 11.4 Å². The maximum Gasteiger partial charge on any atom is 0.340 e. The Bertz CT molecular complexity index is 1420. The molecule has 2 heterocycles. The molecule has 0 saturated carbocycles. The number of fused-ring (bicyclic) bond motifs is 2. The topological polar surface area (TPSA) is 57.8 Å². The quantitative estimate of drug-likeness (QED) is 0.426. The van der Waals surface area contributed by atoms with Crippen molar-refractivity contribution in [3.63, 3.8) is 0 Å². The van der Waals surface area contributed by atoms with Crippen LogP contribution in [0.15, 0.2) is 60.7 Å². The molecule has 34 heavy (non-hydrogen) atoms. The lowest BCUT2D eigenvalue weighted by molar-refractivity contribution is 0.0256. The monoisotopic (exact) mass is 455 g/mol. The van der Waals surface area contributed by atoms with Crippen LogP contribution < -0.4 is 14.5 Å². The molecule has 5 rings (SSSR count). The van der Waals surface area contributed by atoms with E-state index in [1.54, 1.807) is 7.11 Å². The molecular formula is C28H29N3O3. The van der Waals surface area contributed by atoms with Crippen LogP contribution in [0.25, 0.3) is 10.9 Å². The summed E-state index contributed by atoms with van der Waals surface area (Å²) in [6.07, 6.45) is 0. The van der Waals surface area contributed by atoms with Gasteiger partial charge in [0.15, 0.2) is 5.60 Å². The van der Waals surface area contributed by atoms with Gasteiger partial charge in [-0.2, -0.15) is 0 Å². The zero-order valence-electron chi connectivity index (χ0n) is 20.4. The fraction of sp³-hybridized carbons (Fsp3) is 0.250. The summed E-state index contributed by atoms with van der Waals surface area (Å²) in [5.41, 5.74) is 6.08. The summed E-state index contributed by atoms with van der Waals surface area (Å²) in [6.45, 7) is 2.03. The van der Waals surface area contributed by atoms with Gasteiger partial charge in [-0.05, 0) is 43.3 Å². The number of carbonyl (C=O) groups is 1. The lowest BCUT2D eigenvalue weighted by Gasteiger charge is -2.34. The molecule has 6 heteroatoms. The fourth-order valence-electron chi connectivity index (χ4n) is 5.09. The molecule has 4 aromatic rings. The van der Waals surface area contributed by atoms with E-state index in [1.807, 2.05) is 77.6 Å². The second kappa shape index (κ2) is 7.83. The summed E-state index contributed by atoms with van der Waals surface area (Å²) < 4.78 is 12.0. The van der Waals surface area contributed by atoms with Crippen LogP contribution in [0.3, 0.4) is 0 Å². The van der Waals surface area contributed by atoms with Crippen molar-refractivity contribution in [1.82, 2.24) is 4.98 Å². The average Bonchev–Trinajstić information content (AvgIpc) is 3.32. The third kappa shape index (κ3) is 3.05. The van der Waals surface area contributed by atoms with Crippen molar-refractivity contribution in [1.29, 1.82) is 0 Å². The predicted octanol–water partition coefficient (Wildman–Crippen LogP) is 5.08. The van der Waals surface area contributed by atoms with Crippen molar-refractivity contribution in [2.75, 3.05) is 45.1 Å². The highest BCUT2D eigenvalue weighted by Gasteiger charge is 2.52. The highest BCUT2D eigenvalue weighted by Crippen LogP contribution is 2.53. The minimum atomic E-state index is -1.12. The fourth-order valence-corrected chi connectivity index (χ4v) is 5.09. The van der Waals surface area contributed by atoms with E-state index in [4.69, 9.17) is 9.47 Å². The van der Waals surface area contributed by atoms with E-state index in [1.165, 1.54) is 0 Å². The number of esters is 1. The van der Waals surface area contributed by atoms with Gasteiger partial charge in [-0.1, -0.05) is 24.3 Å². The van der Waals surface area contributed by atoms with Crippen molar-refractivity contribution in [3.8, 4) is 5.75 Å². The number of hydrogen-bond donors (Lipinski definition) is 1. The number of benzene rings is 3. The molecule has 1 aliphatic heterocycles. The Hall–Kier alpha value is -3.93. The van der Waals surface area contributed by atoms with Crippen LogP contribution >= 0.6 is 0 Å². The molecular weight excluding hydrogens is 426 g/mol. The van der Waals surface area contributed by atoms with Crippen molar-refractivity contribution in [2.24, 2.45) is 0 Å². The Kier molecular flexibility index (Phi) is 5.04. The highest BCUT2D eigenvalue weighted by molar-refractivity contribution is 5.99. The van der Waals surface area contributed by atoms with Crippen LogP contribution in [0, 0.1) is 6.92 Å². The van der Waals surface area contributed by atoms with Gasteiger partial charge >= 0.3 is 5.97 Å². The van der Waals surface area contributed by atoms with Crippen LogP contribution in [-0.4, -0.2) is 46.3 Å². The highest BCUT2D eigenvalue weighted by atomic mass is 16.6. The molecule has 0 spiro atoms. The molecule has 1 unspecified atom stereocenters. The zero-order valence-corrected chi connectivity index (χ0v) is 20.4. The number of rotatable bonds is 5. The molecule has 0 fully saturated rings. The number of H-pyrrole nitrogens is 1. The third-order valence-corrected chi connectivity index (χ3v) is 6.68. The van der Waals surface area contributed by atoms with Gasteiger partial charge in [-0.3, -0.25) is 0 Å². The van der Waals surface area contributed by atoms with Gasteiger partial charge in [0.2, 0.25) is 0 Å². The largest absolute Gasteiger partial charge is 0.497 e. The minimum Gasteiger partial charge on any atom is -0.497 e. The first-order valence-corrected chi connectivity index (χ1v) is 11.3. The van der Waals surface area contributed by atoms with Gasteiger partial charge in [0.05, 0.1) is 12.7 Å². The third-order valence-electron chi connectivity index (χ3n) is 6.68. The summed E-state index contributed by atoms with van der Waals surface area (Å²) in [5, 5.41) is 0.961. The minimum absolute atomic E-state index is 0.325. The van der Waals surface area contributed by atoms with Crippen molar-refractivity contribution in [3.05, 3.63) is 88.6 Å². The summed E-state index contributed by atoms with van der Waals surface area (Å²) in [5.74, 6) is 0.421. The van der Waals surface area contributed by atoms with Gasteiger partial charge in [-0.15, -0.1) is 0 Å². The number of aromatic nitrogens is 1. The number of carbonyl (C=O) groups excluding carboxylic acids is 1. The number of aromatic amines is 1. The molecule has 1 atom stereocenters. The Labute approximate surface area is 199 Å². The molecule has 1 aliphatic rings. The number of cyclic esters (lactones) is 1. The Morgan fingerprint density at radius 3 is 2.38 bits per heavy atom. The zero-order chi connectivity index (χ0) is 24.2. The molecule has 1 N–H and O–H groups in total. The maximum absolute atomic E-state index is 13.3. The Balaban J connectivity index is 1.93. The van der Waals surface area contributed by atoms with Crippen LogP contribution in [0.2, 0.25) is 0 Å². The van der Waals surface area contributed by atoms with Gasteiger partial charge in [0, 0.05) is 72.9 Å². The second-order valence-corrected chi connectivity index (χ2v) is 9.14. The van der Waals surface area contributed by atoms with E-state index in [-0.39, 0.29) is 5.97 Å². The number of nitrogens with zero attached hydrogens (tertiary/aromatic N) is 2. The smallest absolute Gasteiger partial charge is 0.340 e. The van der Waals surface area contributed by atoms with Crippen LogP contribution in [0.5, 0.6) is 5.75 Å². The second-order valence-electron chi connectivity index (χ2n) is 9.14. The molecule has 174 valence electrons. The number of aryl methyl sites for hydroxylation is 1. The Morgan fingerprint density at radius 2 is 1.68 bits per heavy atom. The van der Waals surface area contributed by atoms with E-state index in [9.17, 15) is 4.79 Å². The molecule has 6 nitrogen and oxygen atoms in total. The number of ether oxygens (including phenoxy) is 2. The number of anilines is 2. The summed E-state index contributed by atoms with van der Waals surface area (Å²) in [6, 6.07) is 19.9. The summed E-state index contributed by atoms with van der Waals surface area (Å²) in [4.78, 5) is 20.9. The van der Waals surface area contributed by atoms with E-state index in [2.05, 4.69) is 33.0 Å². The first-order chi connectivity index (χ1) is 16.3. The van der Waals surface area contributed by atoms with Crippen molar-refractivity contribution in [2.45, 2.75) is 12.5 Å².